The van der Waals surface area contributed by atoms with E-state index < -0.39 is 5.82 Å². The molecule has 1 saturated heterocycles. The number of hydrogen-bond acceptors (Lipinski definition) is 13. The molecule has 1 unspecified atom stereocenters. The van der Waals surface area contributed by atoms with Gasteiger partial charge in [0.05, 0.1) is 73.0 Å². The van der Waals surface area contributed by atoms with E-state index in [9.17, 15) is 9.18 Å². The van der Waals surface area contributed by atoms with Crippen molar-refractivity contribution in [2.45, 2.75) is 69.9 Å². The molecule has 2 aliphatic rings. The highest BCUT2D eigenvalue weighted by Gasteiger charge is 2.28. The molecule has 2 aromatic rings. The maximum Gasteiger partial charge on any atom is 0.233 e. The smallest absolute Gasteiger partial charge is 0.233 e. The lowest BCUT2D eigenvalue weighted by Crippen LogP contribution is -2.40. The number of anilines is 4. The first-order valence-electron chi connectivity index (χ1n) is 17.1. The van der Waals surface area contributed by atoms with Gasteiger partial charge in [0.1, 0.15) is 0 Å². The van der Waals surface area contributed by atoms with Crippen molar-refractivity contribution in [3.63, 3.8) is 0 Å². The van der Waals surface area contributed by atoms with E-state index in [-0.39, 0.29) is 36.3 Å². The van der Waals surface area contributed by atoms with Crippen LogP contribution in [0.3, 0.4) is 0 Å². The average molecular weight is 678 g/mol. The maximum atomic E-state index is 14.4. The minimum Gasteiger partial charge on any atom is -0.494 e. The molecule has 4 rings (SSSR count). The zero-order valence-electron chi connectivity index (χ0n) is 28.1. The molecule has 0 radical (unpaired) electrons. The van der Waals surface area contributed by atoms with Gasteiger partial charge in [-0.05, 0) is 37.8 Å². The summed E-state index contributed by atoms with van der Waals surface area (Å²) in [5, 5.41) is 18.6. The lowest BCUT2D eigenvalue weighted by atomic mass is 10.1. The van der Waals surface area contributed by atoms with Gasteiger partial charge in [0.2, 0.25) is 23.8 Å². The van der Waals surface area contributed by atoms with Crippen LogP contribution in [0.4, 0.5) is 27.9 Å². The van der Waals surface area contributed by atoms with E-state index >= 15 is 0 Å². The number of hydrogen-bond donors (Lipinski definition) is 4. The summed E-state index contributed by atoms with van der Waals surface area (Å²) in [5.41, 5.74) is 0.484. The van der Waals surface area contributed by atoms with Gasteiger partial charge in [-0.1, -0.05) is 25.7 Å². The second-order valence-electron chi connectivity index (χ2n) is 11.8. The van der Waals surface area contributed by atoms with Gasteiger partial charge in [0.25, 0.3) is 0 Å². The minimum absolute atomic E-state index is 0.00278. The van der Waals surface area contributed by atoms with E-state index in [1.807, 2.05) is 4.90 Å². The fourth-order valence-electron chi connectivity index (χ4n) is 5.77. The lowest BCUT2D eigenvalue weighted by Gasteiger charge is -2.25. The summed E-state index contributed by atoms with van der Waals surface area (Å²) in [4.78, 5) is 28.8. The fourth-order valence-corrected chi connectivity index (χ4v) is 5.77. The molecule has 1 aromatic heterocycles. The van der Waals surface area contributed by atoms with E-state index in [0.29, 0.717) is 89.9 Å². The molecule has 2 fully saturated rings. The number of halogens is 1. The Kier molecular flexibility index (Phi) is 16.8. The highest BCUT2D eigenvalue weighted by molar-refractivity contribution is 5.77. The Hall–Kier alpha value is -3.37. The number of aliphatic hydroxyl groups is 1. The summed E-state index contributed by atoms with van der Waals surface area (Å²) in [6, 6.07) is 4.85. The second kappa shape index (κ2) is 21.6. The molecule has 14 nitrogen and oxygen atoms in total. The number of carbonyl (C=O) groups is 1. The first kappa shape index (κ1) is 37.4. The number of methoxy groups -OCH3 is 1. The standard InChI is InChI=1S/C33H52FN7O7/c1-44-29-11-10-26(23-28(29)34)37-33-39-31(38-32(40-33)36-25-7-4-2-3-5-8-25)35-24-27-9-6-13-41(27)30(43)12-15-45-17-19-47-21-22-48-20-18-46-16-14-42/h10-11,23,25,27,42H,2-9,12-22,24H2,1H3,(H3,35,36,37,38,39,40). The number of benzene rings is 1. The number of carbonyl (C=O) groups excluding carboxylic acids is 1. The summed E-state index contributed by atoms with van der Waals surface area (Å²) in [5.74, 6) is 0.822. The summed E-state index contributed by atoms with van der Waals surface area (Å²) in [6.45, 7) is 4.42. The van der Waals surface area contributed by atoms with Crippen molar-refractivity contribution in [3.8, 4) is 5.75 Å². The Morgan fingerprint density at radius 1 is 0.854 bits per heavy atom. The van der Waals surface area contributed by atoms with Crippen LogP contribution in [-0.2, 0) is 23.7 Å². The molecule has 4 N–H and O–H groups in total. The van der Waals surface area contributed by atoms with E-state index in [4.69, 9.17) is 28.8 Å². The predicted octanol–water partition coefficient (Wildman–Crippen LogP) is 3.75. The maximum absolute atomic E-state index is 14.4. The third kappa shape index (κ3) is 13.3. The third-order valence-electron chi connectivity index (χ3n) is 8.24. The molecule has 1 aliphatic carbocycles. The summed E-state index contributed by atoms with van der Waals surface area (Å²) >= 11 is 0. The van der Waals surface area contributed by atoms with E-state index in [1.54, 1.807) is 12.1 Å². The molecule has 1 amide bonds. The van der Waals surface area contributed by atoms with Gasteiger partial charge in [-0.2, -0.15) is 15.0 Å². The topological polar surface area (TPSA) is 161 Å². The zero-order valence-corrected chi connectivity index (χ0v) is 28.1. The van der Waals surface area contributed by atoms with Gasteiger partial charge in [-0.3, -0.25) is 4.79 Å². The van der Waals surface area contributed by atoms with Crippen LogP contribution in [0, 0.1) is 5.82 Å². The van der Waals surface area contributed by atoms with Crippen molar-refractivity contribution >= 4 is 29.4 Å². The van der Waals surface area contributed by atoms with Crippen LogP contribution in [0.2, 0.25) is 0 Å². The highest BCUT2D eigenvalue weighted by Crippen LogP contribution is 2.25. The number of aliphatic hydroxyl groups excluding tert-OH is 1. The van der Waals surface area contributed by atoms with Crippen molar-refractivity contribution in [1.29, 1.82) is 0 Å². The number of nitrogens with zero attached hydrogens (tertiary/aromatic N) is 4. The van der Waals surface area contributed by atoms with E-state index in [2.05, 4.69) is 30.9 Å². The van der Waals surface area contributed by atoms with E-state index in [0.717, 1.165) is 38.5 Å². The van der Waals surface area contributed by atoms with Gasteiger partial charge >= 0.3 is 0 Å². The minimum atomic E-state index is -0.490. The lowest BCUT2D eigenvalue weighted by molar-refractivity contribution is -0.133. The number of rotatable bonds is 22. The molecule has 2 heterocycles. The first-order chi connectivity index (χ1) is 23.6. The van der Waals surface area contributed by atoms with Crippen LogP contribution >= 0.6 is 0 Å². The van der Waals surface area contributed by atoms with Crippen molar-refractivity contribution < 1.29 is 38.0 Å². The molecular formula is C33H52FN7O7. The quantitative estimate of drug-likeness (QED) is 0.105. The molecule has 48 heavy (non-hydrogen) atoms. The second-order valence-corrected chi connectivity index (χ2v) is 11.8. The number of aromatic nitrogens is 3. The SMILES string of the molecule is COc1ccc(Nc2nc(NCC3CCCN3C(=O)CCOCCOCCOCCOCCO)nc(NC3CCCCCC3)n2)cc1F. The Bertz CT molecular complexity index is 1220. The summed E-state index contributed by atoms with van der Waals surface area (Å²) in [7, 11) is 1.42. The van der Waals surface area contributed by atoms with Crippen LogP contribution in [0.25, 0.3) is 0 Å². The monoisotopic (exact) mass is 677 g/mol. The van der Waals surface area contributed by atoms with Crippen molar-refractivity contribution in [2.24, 2.45) is 0 Å². The van der Waals surface area contributed by atoms with Gasteiger partial charge in [0.15, 0.2) is 11.6 Å². The molecule has 1 aliphatic heterocycles. The first-order valence-corrected chi connectivity index (χ1v) is 17.1. The Balaban J connectivity index is 1.23. The molecule has 268 valence electrons. The van der Waals surface area contributed by atoms with Crippen molar-refractivity contribution in [2.75, 3.05) is 95.6 Å². The Morgan fingerprint density at radius 3 is 2.17 bits per heavy atom. The molecule has 1 saturated carbocycles. The fraction of sp³-hybridized carbons (Fsp3) is 0.697. The average Bonchev–Trinajstić information content (AvgIpc) is 3.41. The van der Waals surface area contributed by atoms with Crippen LogP contribution in [0.1, 0.15) is 57.8 Å². The number of ether oxygens (including phenoxy) is 5. The van der Waals surface area contributed by atoms with Crippen LogP contribution in [0.5, 0.6) is 5.75 Å². The van der Waals surface area contributed by atoms with Crippen molar-refractivity contribution in [1.82, 2.24) is 19.9 Å². The Morgan fingerprint density at radius 2 is 1.50 bits per heavy atom. The molecule has 1 aromatic carbocycles. The largest absolute Gasteiger partial charge is 0.494 e. The van der Waals surface area contributed by atoms with Crippen LogP contribution < -0.4 is 20.7 Å². The van der Waals surface area contributed by atoms with Crippen LogP contribution in [-0.4, -0.2) is 123 Å². The van der Waals surface area contributed by atoms with Crippen LogP contribution in [0.15, 0.2) is 18.2 Å². The molecular weight excluding hydrogens is 625 g/mol. The number of likely N-dealkylation sites (tertiary alicyclic amines) is 1. The summed E-state index contributed by atoms with van der Waals surface area (Å²) in [6.07, 6.45) is 8.97. The molecule has 15 heteroatoms. The number of amides is 1. The zero-order chi connectivity index (χ0) is 33.8. The van der Waals surface area contributed by atoms with E-state index in [1.165, 1.54) is 26.0 Å². The van der Waals surface area contributed by atoms with Crippen molar-refractivity contribution in [3.05, 3.63) is 24.0 Å². The summed E-state index contributed by atoms with van der Waals surface area (Å²) < 4.78 is 41.0. The van der Waals surface area contributed by atoms with Gasteiger partial charge in [0, 0.05) is 36.9 Å². The number of nitrogens with one attached hydrogen (secondary N) is 3. The molecule has 1 atom stereocenters. The van der Waals surface area contributed by atoms with Gasteiger partial charge in [-0.15, -0.1) is 0 Å². The molecule has 0 bridgehead atoms. The normalized spacial score (nSPS) is 16.9. The van der Waals surface area contributed by atoms with Gasteiger partial charge < -0.3 is 49.6 Å². The highest BCUT2D eigenvalue weighted by atomic mass is 19.1. The third-order valence-corrected chi connectivity index (χ3v) is 8.24. The van der Waals surface area contributed by atoms with Gasteiger partial charge in [-0.25, -0.2) is 4.39 Å². The molecule has 0 spiro atoms. The predicted molar refractivity (Wildman–Crippen MR) is 179 cm³/mol. The Labute approximate surface area is 282 Å².